The lowest BCUT2D eigenvalue weighted by Gasteiger charge is -2.39. The summed E-state index contributed by atoms with van der Waals surface area (Å²) in [7, 11) is 0. The fourth-order valence-electron chi connectivity index (χ4n) is 4.63. The molecule has 0 bridgehead atoms. The summed E-state index contributed by atoms with van der Waals surface area (Å²) in [6, 6.07) is 7.88. The van der Waals surface area contributed by atoms with Crippen LogP contribution in [0.3, 0.4) is 0 Å². The van der Waals surface area contributed by atoms with E-state index in [1.807, 2.05) is 18.3 Å². The lowest BCUT2D eigenvalue weighted by molar-refractivity contribution is -0.136. The summed E-state index contributed by atoms with van der Waals surface area (Å²) in [5.74, 6) is -1.48. The SMILES string of the molecule is C=Cc1ccc(CN2CC(COc3cccc4c3C(=O)N(C3CCC(=O)NC3=O)C4=O)C2)cn1. The first kappa shape index (κ1) is 22.0. The fourth-order valence-corrected chi connectivity index (χ4v) is 4.63. The first-order chi connectivity index (χ1) is 16.4. The van der Waals surface area contributed by atoms with Crippen molar-refractivity contribution in [3.63, 3.8) is 0 Å². The number of likely N-dealkylation sites (tertiary alicyclic amines) is 1. The molecule has 1 aromatic heterocycles. The van der Waals surface area contributed by atoms with E-state index in [0.29, 0.717) is 18.3 Å². The molecule has 4 amide bonds. The van der Waals surface area contributed by atoms with Gasteiger partial charge in [-0.1, -0.05) is 18.7 Å². The van der Waals surface area contributed by atoms with E-state index >= 15 is 0 Å². The molecule has 0 saturated carbocycles. The van der Waals surface area contributed by atoms with Crippen LogP contribution < -0.4 is 10.1 Å². The van der Waals surface area contributed by atoms with Crippen molar-refractivity contribution in [1.29, 1.82) is 0 Å². The monoisotopic (exact) mass is 460 g/mol. The van der Waals surface area contributed by atoms with Crippen molar-refractivity contribution in [3.05, 3.63) is 65.5 Å². The van der Waals surface area contributed by atoms with Crippen LogP contribution in [0.15, 0.2) is 43.1 Å². The summed E-state index contributed by atoms with van der Waals surface area (Å²) in [6.07, 6.45) is 3.77. The average Bonchev–Trinajstić information content (AvgIpc) is 3.06. The molecule has 3 aliphatic rings. The first-order valence-corrected chi connectivity index (χ1v) is 11.2. The van der Waals surface area contributed by atoms with Crippen molar-refractivity contribution < 1.29 is 23.9 Å². The van der Waals surface area contributed by atoms with Crippen molar-refractivity contribution in [2.24, 2.45) is 5.92 Å². The lowest BCUT2D eigenvalue weighted by Crippen LogP contribution is -2.54. The van der Waals surface area contributed by atoms with Crippen LogP contribution in [-0.4, -0.2) is 64.2 Å². The number of nitrogens with zero attached hydrogens (tertiary/aromatic N) is 3. The number of hydrogen-bond acceptors (Lipinski definition) is 7. The van der Waals surface area contributed by atoms with E-state index in [2.05, 4.69) is 21.8 Å². The van der Waals surface area contributed by atoms with E-state index in [0.717, 1.165) is 35.8 Å². The Kier molecular flexibility index (Phi) is 5.70. The third kappa shape index (κ3) is 3.99. The minimum atomic E-state index is -0.992. The largest absolute Gasteiger partial charge is 0.492 e. The summed E-state index contributed by atoms with van der Waals surface area (Å²) < 4.78 is 5.98. The molecule has 1 aromatic carbocycles. The third-order valence-electron chi connectivity index (χ3n) is 6.40. The van der Waals surface area contributed by atoms with Gasteiger partial charge >= 0.3 is 0 Å². The highest BCUT2D eigenvalue weighted by molar-refractivity contribution is 6.24. The Morgan fingerprint density at radius 1 is 1.12 bits per heavy atom. The van der Waals surface area contributed by atoms with Crippen molar-refractivity contribution in [2.75, 3.05) is 19.7 Å². The van der Waals surface area contributed by atoms with E-state index in [4.69, 9.17) is 4.74 Å². The molecular weight excluding hydrogens is 436 g/mol. The number of piperidine rings is 1. The van der Waals surface area contributed by atoms with Gasteiger partial charge in [0.1, 0.15) is 11.8 Å². The van der Waals surface area contributed by atoms with E-state index in [-0.39, 0.29) is 24.0 Å². The molecule has 3 aliphatic heterocycles. The van der Waals surface area contributed by atoms with Gasteiger partial charge in [-0.2, -0.15) is 0 Å². The molecule has 2 aromatic rings. The molecular formula is C25H24N4O5. The zero-order valence-corrected chi connectivity index (χ0v) is 18.5. The predicted molar refractivity (Wildman–Crippen MR) is 122 cm³/mol. The van der Waals surface area contributed by atoms with Crippen molar-refractivity contribution in [1.82, 2.24) is 20.1 Å². The van der Waals surface area contributed by atoms with Gasteiger partial charge in [0.25, 0.3) is 11.8 Å². The maximum Gasteiger partial charge on any atom is 0.266 e. The zero-order chi connectivity index (χ0) is 23.8. The molecule has 1 N–H and O–H groups in total. The number of hydrogen-bond donors (Lipinski definition) is 1. The highest BCUT2D eigenvalue weighted by Gasteiger charge is 2.46. The summed E-state index contributed by atoms with van der Waals surface area (Å²) in [5, 5.41) is 2.20. The van der Waals surface area contributed by atoms with E-state index in [1.165, 1.54) is 0 Å². The van der Waals surface area contributed by atoms with Gasteiger partial charge in [0, 0.05) is 38.2 Å². The van der Waals surface area contributed by atoms with Gasteiger partial charge in [0.15, 0.2) is 0 Å². The molecule has 4 heterocycles. The Bertz CT molecular complexity index is 1190. The topological polar surface area (TPSA) is 109 Å². The number of nitrogens with one attached hydrogen (secondary N) is 1. The van der Waals surface area contributed by atoms with Crippen LogP contribution in [-0.2, 0) is 16.1 Å². The summed E-state index contributed by atoms with van der Waals surface area (Å²) in [5.41, 5.74) is 2.38. The summed E-state index contributed by atoms with van der Waals surface area (Å²) in [4.78, 5) is 57.3. The molecule has 0 aliphatic carbocycles. The third-order valence-corrected chi connectivity index (χ3v) is 6.40. The van der Waals surface area contributed by atoms with Crippen molar-refractivity contribution >= 4 is 29.7 Å². The van der Waals surface area contributed by atoms with E-state index in [9.17, 15) is 19.2 Å². The molecule has 2 fully saturated rings. The Hall–Kier alpha value is -3.85. The van der Waals surface area contributed by atoms with Gasteiger partial charge in [-0.05, 0) is 36.3 Å². The highest BCUT2D eigenvalue weighted by atomic mass is 16.5. The number of benzene rings is 1. The number of pyridine rings is 1. The quantitative estimate of drug-likeness (QED) is 0.626. The predicted octanol–water partition coefficient (Wildman–Crippen LogP) is 1.64. The second-order valence-electron chi connectivity index (χ2n) is 8.79. The van der Waals surface area contributed by atoms with E-state index in [1.54, 1.807) is 24.3 Å². The average molecular weight is 460 g/mol. The van der Waals surface area contributed by atoms with Crippen LogP contribution >= 0.6 is 0 Å². The Morgan fingerprint density at radius 3 is 2.65 bits per heavy atom. The number of ether oxygens (including phenoxy) is 1. The van der Waals surface area contributed by atoms with Gasteiger partial charge < -0.3 is 4.74 Å². The van der Waals surface area contributed by atoms with Crippen LogP contribution in [0.4, 0.5) is 0 Å². The van der Waals surface area contributed by atoms with Crippen LogP contribution in [0.5, 0.6) is 5.75 Å². The second-order valence-corrected chi connectivity index (χ2v) is 8.79. The maximum atomic E-state index is 13.1. The number of aromatic nitrogens is 1. The number of amides is 4. The first-order valence-electron chi connectivity index (χ1n) is 11.2. The molecule has 9 heteroatoms. The van der Waals surface area contributed by atoms with Crippen LogP contribution in [0.2, 0.25) is 0 Å². The Balaban J connectivity index is 1.20. The standard InChI is InChI=1S/C25H24N4O5/c1-2-17-7-6-15(10-26-17)11-28-12-16(13-28)14-34-20-5-3-4-18-22(20)25(33)29(24(18)32)19-8-9-21(30)27-23(19)31/h2-7,10,16,19H,1,8-9,11-14H2,(H,27,30,31). The maximum absolute atomic E-state index is 13.1. The number of imide groups is 2. The smallest absolute Gasteiger partial charge is 0.266 e. The molecule has 0 spiro atoms. The van der Waals surface area contributed by atoms with Gasteiger partial charge in [0.05, 0.1) is 23.4 Å². The van der Waals surface area contributed by atoms with Crippen molar-refractivity contribution in [2.45, 2.75) is 25.4 Å². The van der Waals surface area contributed by atoms with Gasteiger partial charge in [-0.25, -0.2) is 0 Å². The van der Waals surface area contributed by atoms with Gasteiger partial charge in [0.2, 0.25) is 11.8 Å². The van der Waals surface area contributed by atoms with Crippen LogP contribution in [0.1, 0.15) is 44.8 Å². The lowest BCUT2D eigenvalue weighted by atomic mass is 10.0. The Morgan fingerprint density at radius 2 is 1.94 bits per heavy atom. The number of carbonyl (C=O) groups excluding carboxylic acids is 4. The molecule has 174 valence electrons. The fraction of sp³-hybridized carbons (Fsp3) is 0.320. The van der Waals surface area contributed by atoms with Crippen LogP contribution in [0, 0.1) is 5.92 Å². The molecule has 5 rings (SSSR count). The van der Waals surface area contributed by atoms with E-state index < -0.39 is 29.7 Å². The molecule has 0 radical (unpaired) electrons. The minimum absolute atomic E-state index is 0.0831. The summed E-state index contributed by atoms with van der Waals surface area (Å²) >= 11 is 0. The highest BCUT2D eigenvalue weighted by Crippen LogP contribution is 2.34. The molecule has 34 heavy (non-hydrogen) atoms. The molecule has 2 saturated heterocycles. The molecule has 1 unspecified atom stereocenters. The summed E-state index contributed by atoms with van der Waals surface area (Å²) in [6.45, 7) is 6.64. The zero-order valence-electron chi connectivity index (χ0n) is 18.5. The van der Waals surface area contributed by atoms with Crippen LogP contribution in [0.25, 0.3) is 6.08 Å². The van der Waals surface area contributed by atoms with Crippen molar-refractivity contribution in [3.8, 4) is 5.75 Å². The molecule has 9 nitrogen and oxygen atoms in total. The number of fused-ring (bicyclic) bond motifs is 1. The number of rotatable bonds is 7. The Labute approximate surface area is 196 Å². The van der Waals surface area contributed by atoms with Gasteiger partial charge in [-0.15, -0.1) is 0 Å². The normalized spacial score (nSPS) is 20.7. The molecule has 1 atom stereocenters. The number of carbonyl (C=O) groups is 4. The second kappa shape index (κ2) is 8.83. The van der Waals surface area contributed by atoms with Gasteiger partial charge in [-0.3, -0.25) is 39.3 Å². The minimum Gasteiger partial charge on any atom is -0.492 e.